The second kappa shape index (κ2) is 10.5. The molecule has 0 spiro atoms. The van der Waals surface area contributed by atoms with Crippen molar-refractivity contribution in [1.29, 1.82) is 0 Å². The van der Waals surface area contributed by atoms with Crippen molar-refractivity contribution < 1.29 is 14.3 Å². The molecule has 0 aromatic rings. The lowest BCUT2D eigenvalue weighted by atomic mass is 10.1. The van der Waals surface area contributed by atoms with E-state index >= 15 is 0 Å². The van der Waals surface area contributed by atoms with Gasteiger partial charge in [0.1, 0.15) is 0 Å². The van der Waals surface area contributed by atoms with Gasteiger partial charge in [-0.2, -0.15) is 0 Å². The van der Waals surface area contributed by atoms with Gasteiger partial charge < -0.3 is 9.47 Å². The summed E-state index contributed by atoms with van der Waals surface area (Å²) in [6.45, 7) is 6.10. The first kappa shape index (κ1) is 16.8. The quantitative estimate of drug-likeness (QED) is 0.213. The van der Waals surface area contributed by atoms with Gasteiger partial charge in [-0.3, -0.25) is 9.69 Å². The van der Waals surface area contributed by atoms with E-state index in [4.69, 9.17) is 15.0 Å². The van der Waals surface area contributed by atoms with Gasteiger partial charge in [-0.25, -0.2) is 0 Å². The molecule has 0 bridgehead atoms. The summed E-state index contributed by atoms with van der Waals surface area (Å²) in [6.07, 6.45) is 3.49. The lowest BCUT2D eigenvalue weighted by Gasteiger charge is -2.32. The average Bonchev–Trinajstić information content (AvgIpc) is 2.45. The first-order valence-corrected chi connectivity index (χ1v) is 7.26. The molecule has 1 aliphatic rings. The fraction of sp³-hybridized carbons (Fsp3) is 0.923. The van der Waals surface area contributed by atoms with Crippen molar-refractivity contribution in [2.45, 2.75) is 38.7 Å². The molecule has 0 aliphatic carbocycles. The Kier molecular flexibility index (Phi) is 8.78. The van der Waals surface area contributed by atoms with Crippen LogP contribution in [0.25, 0.3) is 10.4 Å². The van der Waals surface area contributed by atoms with Crippen LogP contribution in [-0.4, -0.2) is 56.4 Å². The Balaban J connectivity index is 2.06. The van der Waals surface area contributed by atoms with E-state index in [0.29, 0.717) is 26.2 Å². The molecular weight excluding hydrogens is 260 g/mol. The zero-order valence-corrected chi connectivity index (χ0v) is 12.2. The molecule has 1 atom stereocenters. The Labute approximate surface area is 119 Å². The minimum Gasteiger partial charge on any atom is -0.466 e. The second-order valence-electron chi connectivity index (χ2n) is 4.82. The highest BCUT2D eigenvalue weighted by Gasteiger charge is 2.19. The summed E-state index contributed by atoms with van der Waals surface area (Å²) < 4.78 is 10.4. The van der Waals surface area contributed by atoms with E-state index in [-0.39, 0.29) is 12.1 Å². The van der Waals surface area contributed by atoms with Gasteiger partial charge in [-0.1, -0.05) is 11.5 Å². The van der Waals surface area contributed by atoms with Crippen LogP contribution in [0.4, 0.5) is 0 Å². The molecule has 1 fully saturated rings. The summed E-state index contributed by atoms with van der Waals surface area (Å²) in [5, 5.41) is 3.55. The molecule has 0 saturated carbocycles. The van der Waals surface area contributed by atoms with Gasteiger partial charge >= 0.3 is 5.97 Å². The predicted molar refractivity (Wildman–Crippen MR) is 75.3 cm³/mol. The normalized spacial score (nSPS) is 19.4. The minimum atomic E-state index is -0.103. The third-order valence-corrected chi connectivity index (χ3v) is 3.23. The number of azide groups is 1. The first-order chi connectivity index (χ1) is 9.76. The van der Waals surface area contributed by atoms with Crippen molar-refractivity contribution in [2.75, 3.05) is 39.4 Å². The Bertz CT molecular complexity index is 332. The molecule has 1 heterocycles. The van der Waals surface area contributed by atoms with Gasteiger partial charge in [0.25, 0.3) is 0 Å². The number of unbranched alkanes of at least 4 members (excludes halogenated alkanes) is 2. The van der Waals surface area contributed by atoms with Crippen LogP contribution in [0, 0.1) is 0 Å². The van der Waals surface area contributed by atoms with E-state index in [1.54, 1.807) is 0 Å². The van der Waals surface area contributed by atoms with Crippen LogP contribution in [0.15, 0.2) is 5.11 Å². The average molecular weight is 284 g/mol. The predicted octanol–water partition coefficient (Wildman–Crippen LogP) is 2.12. The fourth-order valence-electron chi connectivity index (χ4n) is 2.24. The Morgan fingerprint density at radius 3 is 3.10 bits per heavy atom. The summed E-state index contributed by atoms with van der Waals surface area (Å²) in [7, 11) is 0. The minimum absolute atomic E-state index is 0.0131. The number of hydrogen-bond acceptors (Lipinski definition) is 5. The maximum Gasteiger partial charge on any atom is 0.305 e. The van der Waals surface area contributed by atoms with Crippen LogP contribution < -0.4 is 0 Å². The SMILES string of the molecule is CCOC(=O)CCCCCN1CCO[C@H](CN=[N+]=[N-])C1. The van der Waals surface area contributed by atoms with Crippen molar-refractivity contribution in [3.8, 4) is 0 Å². The van der Waals surface area contributed by atoms with Gasteiger partial charge in [-0.15, -0.1) is 0 Å². The summed E-state index contributed by atoms with van der Waals surface area (Å²) in [5.41, 5.74) is 8.30. The highest BCUT2D eigenvalue weighted by atomic mass is 16.5. The topological polar surface area (TPSA) is 87.5 Å². The number of ether oxygens (including phenoxy) is 2. The van der Waals surface area contributed by atoms with Crippen LogP contribution in [0.1, 0.15) is 32.6 Å². The van der Waals surface area contributed by atoms with Crippen molar-refractivity contribution in [1.82, 2.24) is 4.90 Å². The number of morpholine rings is 1. The monoisotopic (exact) mass is 284 g/mol. The van der Waals surface area contributed by atoms with Crippen molar-refractivity contribution in [2.24, 2.45) is 5.11 Å². The Hall–Kier alpha value is -1.30. The number of carbonyl (C=O) groups is 1. The highest BCUT2D eigenvalue weighted by molar-refractivity contribution is 5.69. The van der Waals surface area contributed by atoms with Crippen LogP contribution in [-0.2, 0) is 14.3 Å². The second-order valence-corrected chi connectivity index (χ2v) is 4.82. The Morgan fingerprint density at radius 1 is 1.50 bits per heavy atom. The van der Waals surface area contributed by atoms with Crippen LogP contribution in [0.5, 0.6) is 0 Å². The summed E-state index contributed by atoms with van der Waals surface area (Å²) >= 11 is 0. The molecule has 0 aromatic heterocycles. The van der Waals surface area contributed by atoms with E-state index < -0.39 is 0 Å². The van der Waals surface area contributed by atoms with Gasteiger partial charge in [0.15, 0.2) is 0 Å². The molecule has 0 N–H and O–H groups in total. The Morgan fingerprint density at radius 2 is 2.35 bits per heavy atom. The third-order valence-electron chi connectivity index (χ3n) is 3.23. The molecule has 0 unspecified atom stereocenters. The van der Waals surface area contributed by atoms with Crippen molar-refractivity contribution in [3.05, 3.63) is 10.4 Å². The number of hydrogen-bond donors (Lipinski definition) is 0. The standard InChI is InChI=1S/C13H24N4O3/c1-2-19-13(18)6-4-3-5-7-17-8-9-20-12(11-17)10-15-16-14/h12H,2-11H2,1H3/t12-/m1/s1. The summed E-state index contributed by atoms with van der Waals surface area (Å²) in [6, 6.07) is 0. The lowest BCUT2D eigenvalue weighted by Crippen LogP contribution is -2.44. The molecule has 1 rings (SSSR count). The third kappa shape index (κ3) is 7.33. The largest absolute Gasteiger partial charge is 0.466 e. The van der Waals surface area contributed by atoms with E-state index in [2.05, 4.69) is 14.9 Å². The number of nitrogens with zero attached hydrogens (tertiary/aromatic N) is 4. The fourth-order valence-corrected chi connectivity index (χ4v) is 2.24. The summed E-state index contributed by atoms with van der Waals surface area (Å²) in [4.78, 5) is 16.2. The molecule has 1 aliphatic heterocycles. The first-order valence-electron chi connectivity index (χ1n) is 7.26. The van der Waals surface area contributed by atoms with E-state index in [1.807, 2.05) is 6.92 Å². The number of rotatable bonds is 9. The van der Waals surface area contributed by atoms with Gasteiger partial charge in [0, 0.05) is 24.4 Å². The van der Waals surface area contributed by atoms with Gasteiger partial charge in [-0.05, 0) is 31.8 Å². The molecule has 7 nitrogen and oxygen atoms in total. The maximum atomic E-state index is 11.2. The van der Waals surface area contributed by atoms with Crippen LogP contribution >= 0.6 is 0 Å². The molecule has 0 amide bonds. The summed E-state index contributed by atoms with van der Waals surface area (Å²) in [5.74, 6) is -0.103. The van der Waals surface area contributed by atoms with E-state index in [9.17, 15) is 4.79 Å². The zero-order chi connectivity index (χ0) is 14.6. The molecule has 0 aromatic carbocycles. The number of carbonyl (C=O) groups excluding carboxylic acids is 1. The molecule has 114 valence electrons. The van der Waals surface area contributed by atoms with Crippen LogP contribution in [0.3, 0.4) is 0 Å². The smallest absolute Gasteiger partial charge is 0.305 e. The maximum absolute atomic E-state index is 11.2. The molecular formula is C13H24N4O3. The van der Waals surface area contributed by atoms with Crippen molar-refractivity contribution >= 4 is 5.97 Å². The molecule has 0 radical (unpaired) electrons. The lowest BCUT2D eigenvalue weighted by molar-refractivity contribution is -0.143. The van der Waals surface area contributed by atoms with Crippen LogP contribution in [0.2, 0.25) is 0 Å². The molecule has 7 heteroatoms. The number of esters is 1. The van der Waals surface area contributed by atoms with Gasteiger partial charge in [0.2, 0.25) is 0 Å². The van der Waals surface area contributed by atoms with E-state index in [0.717, 1.165) is 38.9 Å². The van der Waals surface area contributed by atoms with E-state index in [1.165, 1.54) is 0 Å². The highest BCUT2D eigenvalue weighted by Crippen LogP contribution is 2.09. The molecule has 1 saturated heterocycles. The zero-order valence-electron chi connectivity index (χ0n) is 12.2. The molecule has 20 heavy (non-hydrogen) atoms. The van der Waals surface area contributed by atoms with Crippen molar-refractivity contribution in [3.63, 3.8) is 0 Å². The van der Waals surface area contributed by atoms with Gasteiger partial charge in [0.05, 0.1) is 25.9 Å².